The van der Waals surface area contributed by atoms with Gasteiger partial charge in [0.2, 0.25) is 11.8 Å². The summed E-state index contributed by atoms with van der Waals surface area (Å²) in [5.74, 6) is -1.91. The Labute approximate surface area is 397 Å². The van der Waals surface area contributed by atoms with Crippen LogP contribution in [-0.4, -0.2) is 147 Å². The Morgan fingerprint density at radius 2 is 1.67 bits per heavy atom. The largest absolute Gasteiger partial charge is 0.508 e. The number of alkyl halides is 1. The maximum absolute atomic E-state index is 17.1. The van der Waals surface area contributed by atoms with Crippen molar-refractivity contribution in [1.29, 1.82) is 0 Å². The van der Waals surface area contributed by atoms with Crippen LogP contribution in [0.3, 0.4) is 0 Å². The lowest BCUT2D eigenvalue weighted by Crippen LogP contribution is -2.65. The molecule has 1 aliphatic carbocycles. The molecule has 5 fully saturated rings. The molecule has 1 saturated carbocycles. The number of phenolic OH excluding ortho intramolecular Hbond substituents is 1. The first-order valence-corrected chi connectivity index (χ1v) is 24.1. The van der Waals surface area contributed by atoms with Crippen LogP contribution in [0.25, 0.3) is 32.9 Å². The number of nitrogens with zero attached hydrogens (tertiary/aromatic N) is 8. The minimum atomic E-state index is -1.38. The maximum atomic E-state index is 17.1. The molecule has 2 atom stereocenters. The monoisotopic (exact) mass is 947 g/mol. The fourth-order valence-electron chi connectivity index (χ4n) is 11.3. The first-order valence-electron chi connectivity index (χ1n) is 24.1. The fraction of sp³-hybridized carbons (Fsp3) is 0.490. The van der Waals surface area contributed by atoms with Crippen molar-refractivity contribution in [2.75, 3.05) is 81.9 Å². The summed E-state index contributed by atoms with van der Waals surface area (Å²) in [6, 6.07) is 10.6. The molecule has 362 valence electrons. The molecule has 3 aromatic carbocycles. The third kappa shape index (κ3) is 8.58. The number of carbonyl (C=O) groups is 3. The Hall–Kier alpha value is -6.11. The summed E-state index contributed by atoms with van der Waals surface area (Å²) in [5.41, 5.74) is 0.141. The number of hydrogen-bond donors (Lipinski definition) is 3. The summed E-state index contributed by atoms with van der Waals surface area (Å²) < 4.78 is 54.9. The number of anilines is 2. The molecule has 0 spiro atoms. The highest BCUT2D eigenvalue weighted by Gasteiger charge is 2.48. The van der Waals surface area contributed by atoms with Gasteiger partial charge in [-0.25, -0.2) is 13.2 Å². The number of amides is 3. The number of phenols is 1. The average molecular weight is 948 g/mol. The summed E-state index contributed by atoms with van der Waals surface area (Å²) in [6.45, 7) is 9.54. The number of aryl methyl sites for hydroxylation is 1. The van der Waals surface area contributed by atoms with Crippen LogP contribution in [0.2, 0.25) is 0 Å². The molecule has 0 bridgehead atoms. The quantitative estimate of drug-likeness (QED) is 0.134. The van der Waals surface area contributed by atoms with Gasteiger partial charge in [0.1, 0.15) is 34.6 Å². The van der Waals surface area contributed by atoms with E-state index in [9.17, 15) is 24.6 Å². The molecule has 18 heteroatoms. The van der Waals surface area contributed by atoms with Gasteiger partial charge in [0.25, 0.3) is 5.91 Å². The van der Waals surface area contributed by atoms with Crippen molar-refractivity contribution in [3.8, 4) is 23.0 Å². The highest BCUT2D eigenvalue weighted by molar-refractivity contribution is 6.06. The highest BCUT2D eigenvalue weighted by atomic mass is 19.1. The van der Waals surface area contributed by atoms with Gasteiger partial charge in [0, 0.05) is 93.7 Å². The second-order valence-electron chi connectivity index (χ2n) is 20.6. The van der Waals surface area contributed by atoms with Crippen LogP contribution in [0, 0.1) is 17.0 Å². The number of aromatic nitrogens is 3. The first-order chi connectivity index (χ1) is 33.1. The van der Waals surface area contributed by atoms with Crippen molar-refractivity contribution in [3.63, 3.8) is 0 Å². The third-order valence-corrected chi connectivity index (χ3v) is 15.2. The van der Waals surface area contributed by atoms with E-state index < -0.39 is 34.9 Å². The van der Waals surface area contributed by atoms with E-state index in [1.807, 2.05) is 28.9 Å². The van der Waals surface area contributed by atoms with Crippen LogP contribution < -0.4 is 19.9 Å². The van der Waals surface area contributed by atoms with Crippen molar-refractivity contribution >= 4 is 50.9 Å². The number of ether oxygens (including phenoxy) is 1. The number of nitrogens with one attached hydrogen (secondary N) is 1. The lowest BCUT2D eigenvalue weighted by molar-refractivity contribution is -0.136. The number of piperazine rings is 1. The molecule has 7 heterocycles. The zero-order valence-corrected chi connectivity index (χ0v) is 38.9. The van der Waals surface area contributed by atoms with E-state index in [1.54, 1.807) is 19.1 Å². The van der Waals surface area contributed by atoms with Gasteiger partial charge in [0.15, 0.2) is 11.5 Å². The Bertz CT molecular complexity index is 2920. The van der Waals surface area contributed by atoms with Gasteiger partial charge in [-0.3, -0.25) is 29.6 Å². The maximum Gasteiger partial charge on any atom is 0.319 e. The Balaban J connectivity index is 0.741. The van der Waals surface area contributed by atoms with Gasteiger partial charge >= 0.3 is 6.01 Å². The number of β-amino-alcohol motifs (C(OH)–C–C–N with tert-alkyl or cyclic N) is 1. The lowest BCUT2D eigenvalue weighted by Gasteiger charge is -2.49. The predicted molar refractivity (Wildman–Crippen MR) is 252 cm³/mol. The van der Waals surface area contributed by atoms with E-state index in [0.29, 0.717) is 91.6 Å². The van der Waals surface area contributed by atoms with Gasteiger partial charge in [-0.1, -0.05) is 13.0 Å². The molecule has 3 amide bonds. The van der Waals surface area contributed by atoms with E-state index in [0.717, 1.165) is 43.7 Å². The average Bonchev–Trinajstić information content (AvgIpc) is 4.00. The number of benzene rings is 3. The molecular formula is C51H56F3N9O6. The van der Waals surface area contributed by atoms with Gasteiger partial charge < -0.3 is 34.5 Å². The lowest BCUT2D eigenvalue weighted by atomic mass is 9.93. The normalized spacial score (nSPS) is 23.7. The molecule has 5 aliphatic heterocycles. The number of imide groups is 1. The number of halogens is 3. The third-order valence-electron chi connectivity index (χ3n) is 15.2. The number of pyridine rings is 1. The highest BCUT2D eigenvalue weighted by Crippen LogP contribution is 2.47. The molecule has 4 saturated heterocycles. The topological polar surface area (TPSA) is 168 Å². The van der Waals surface area contributed by atoms with E-state index in [1.165, 1.54) is 29.3 Å². The molecule has 6 aliphatic rings. The number of fused-ring (bicyclic) bond motifs is 3. The van der Waals surface area contributed by atoms with Gasteiger partial charge in [-0.05, 0) is 104 Å². The minimum absolute atomic E-state index is 0.00119. The Morgan fingerprint density at radius 1 is 0.899 bits per heavy atom. The fourth-order valence-corrected chi connectivity index (χ4v) is 11.3. The molecule has 1 unspecified atom stereocenters. The van der Waals surface area contributed by atoms with Crippen LogP contribution >= 0.6 is 0 Å². The first kappa shape index (κ1) is 45.3. The van der Waals surface area contributed by atoms with Crippen molar-refractivity contribution in [2.45, 2.75) is 82.6 Å². The molecule has 11 rings (SSSR count). The number of aliphatic hydroxyl groups is 1. The summed E-state index contributed by atoms with van der Waals surface area (Å²) >= 11 is 0. The number of carbonyl (C=O) groups excluding carboxylic acids is 3. The van der Waals surface area contributed by atoms with Crippen LogP contribution in [-0.2, 0) is 22.6 Å². The molecule has 0 radical (unpaired) electrons. The SMILES string of the molecule is CCc1c(F)ccc2cc(O)cc(-c3ncc4c(N5CCC[C@@](C)(O)C5)nc(OCC5(CN6CCN(CC7(F)CN(c8ccc9c(c8)CN(C8CCC(=O)NC8=O)C9=O)C7)CC6)CC5)nc4c3F)c12. The van der Waals surface area contributed by atoms with Crippen molar-refractivity contribution in [2.24, 2.45) is 5.41 Å². The van der Waals surface area contributed by atoms with Crippen LogP contribution in [0.1, 0.15) is 73.9 Å². The van der Waals surface area contributed by atoms with Crippen LogP contribution in [0.5, 0.6) is 11.8 Å². The number of piperidine rings is 2. The van der Waals surface area contributed by atoms with Crippen LogP contribution in [0.4, 0.5) is 24.7 Å². The van der Waals surface area contributed by atoms with Crippen LogP contribution in [0.15, 0.2) is 48.7 Å². The molecule has 69 heavy (non-hydrogen) atoms. The van der Waals surface area contributed by atoms with E-state index in [2.05, 4.69) is 25.1 Å². The molecular weight excluding hydrogens is 892 g/mol. The Kier molecular flexibility index (Phi) is 11.2. The van der Waals surface area contributed by atoms with E-state index in [4.69, 9.17) is 9.72 Å². The smallest absolute Gasteiger partial charge is 0.319 e. The van der Waals surface area contributed by atoms with Crippen molar-refractivity contribution in [3.05, 3.63) is 77.0 Å². The van der Waals surface area contributed by atoms with Gasteiger partial charge in [-0.15, -0.1) is 0 Å². The molecule has 2 aromatic heterocycles. The van der Waals surface area contributed by atoms with E-state index >= 15 is 13.2 Å². The Morgan fingerprint density at radius 3 is 2.39 bits per heavy atom. The summed E-state index contributed by atoms with van der Waals surface area (Å²) in [6.07, 6.45) is 5.49. The second-order valence-corrected chi connectivity index (χ2v) is 20.6. The standard InChI is InChI=1S/C51H56F3N9O6/c1-3-34-38(52)8-5-30-20-33(64)21-36(41(30)34)43-42(53)44-37(22-55-43)45(61-14-4-11-49(2,68)24-61)58-48(57-44)69-29-50(12-13-50)25-59-15-17-60(18-16-59)26-51(54)27-62(28-51)32-6-7-35-31(19-32)23-63(47(35)67)39-9-10-40(65)56-46(39)66/h5-8,19-22,39,64,68H,3-4,9-18,23-29H2,1-2H3,(H,56,65,66)/t39?,49-/m1/s1. The van der Waals surface area contributed by atoms with E-state index in [-0.39, 0.29) is 78.4 Å². The van der Waals surface area contributed by atoms with Gasteiger partial charge in [0.05, 0.1) is 30.7 Å². The van der Waals surface area contributed by atoms with Gasteiger partial charge in [-0.2, -0.15) is 9.97 Å². The second kappa shape index (κ2) is 17.1. The van der Waals surface area contributed by atoms with Crippen molar-refractivity contribution < 1.29 is 42.5 Å². The number of aromatic hydroxyl groups is 1. The predicted octanol–water partition coefficient (Wildman–Crippen LogP) is 5.51. The molecule has 15 nitrogen and oxygen atoms in total. The number of rotatable bonds is 12. The molecule has 5 aromatic rings. The number of hydrogen-bond acceptors (Lipinski definition) is 13. The summed E-state index contributed by atoms with van der Waals surface area (Å²) in [7, 11) is 0. The zero-order chi connectivity index (χ0) is 48.0. The minimum Gasteiger partial charge on any atom is -0.508 e. The van der Waals surface area contributed by atoms with Crippen molar-refractivity contribution in [1.82, 2.24) is 35.0 Å². The summed E-state index contributed by atoms with van der Waals surface area (Å²) in [4.78, 5) is 61.3. The molecule has 3 N–H and O–H groups in total. The zero-order valence-electron chi connectivity index (χ0n) is 38.9. The summed E-state index contributed by atoms with van der Waals surface area (Å²) in [5, 5.41) is 25.5.